The van der Waals surface area contributed by atoms with Crippen LogP contribution in [-0.4, -0.2) is 45.3 Å². The highest BCUT2D eigenvalue weighted by Gasteiger charge is 2.38. The van der Waals surface area contributed by atoms with Gasteiger partial charge in [0.2, 0.25) is 5.91 Å². The fourth-order valence-corrected chi connectivity index (χ4v) is 2.70. The molecule has 4 atom stereocenters. The van der Waals surface area contributed by atoms with Gasteiger partial charge in [0, 0.05) is 28.9 Å². The minimum Gasteiger partial charge on any atom is -0.325 e. The van der Waals surface area contributed by atoms with Gasteiger partial charge in [-0.1, -0.05) is 20.8 Å². The maximum absolute atomic E-state index is 12.3. The van der Waals surface area contributed by atoms with E-state index in [2.05, 4.69) is 26.1 Å². The van der Waals surface area contributed by atoms with Crippen LogP contribution < -0.4 is 5.32 Å². The molecule has 0 aromatic rings. The summed E-state index contributed by atoms with van der Waals surface area (Å²) >= 11 is 0. The highest BCUT2D eigenvalue weighted by atomic mass is 32.2. The van der Waals surface area contributed by atoms with Crippen molar-refractivity contribution in [2.75, 3.05) is 12.8 Å². The van der Waals surface area contributed by atoms with Crippen molar-refractivity contribution in [1.82, 2.24) is 10.2 Å². The summed E-state index contributed by atoms with van der Waals surface area (Å²) < 4.78 is 11.4. The van der Waals surface area contributed by atoms with Crippen LogP contribution in [0.4, 0.5) is 0 Å². The predicted molar refractivity (Wildman–Crippen MR) is 75.7 cm³/mol. The zero-order valence-electron chi connectivity index (χ0n) is 12.1. The molecule has 1 rings (SSSR count). The van der Waals surface area contributed by atoms with E-state index in [1.165, 1.54) is 0 Å². The minimum absolute atomic E-state index is 0.0302. The van der Waals surface area contributed by atoms with E-state index in [-0.39, 0.29) is 23.4 Å². The number of amides is 1. The van der Waals surface area contributed by atoms with Crippen LogP contribution in [0.25, 0.3) is 0 Å². The molecule has 5 heteroatoms. The molecule has 1 aliphatic rings. The fourth-order valence-electron chi connectivity index (χ4n) is 2.32. The summed E-state index contributed by atoms with van der Waals surface area (Å²) in [6.07, 6.45) is 3.57. The van der Waals surface area contributed by atoms with Gasteiger partial charge in [-0.3, -0.25) is 14.3 Å². The van der Waals surface area contributed by atoms with Gasteiger partial charge in [0.1, 0.15) is 0 Å². The maximum atomic E-state index is 12.3. The Hall–Kier alpha value is -0.420. The van der Waals surface area contributed by atoms with Gasteiger partial charge in [-0.25, -0.2) is 0 Å². The standard InChI is InChI=1S/C13H26N2O2S/c1-6-12-14-11(7-9(2)3)13(16)15(12)8-10(4)18(5)17/h9-12,14H,6-8H2,1-5H3. The SMILES string of the molecule is CCC1NC(CC(C)C)C(=O)N1CC(C)S(C)=O. The summed E-state index contributed by atoms with van der Waals surface area (Å²) in [4.78, 5) is 14.2. The highest BCUT2D eigenvalue weighted by Crippen LogP contribution is 2.19. The molecule has 4 unspecified atom stereocenters. The first-order valence-electron chi connectivity index (χ1n) is 6.75. The summed E-state index contributed by atoms with van der Waals surface area (Å²) in [6.45, 7) is 8.85. The lowest BCUT2D eigenvalue weighted by Crippen LogP contribution is -2.41. The van der Waals surface area contributed by atoms with Crippen LogP contribution in [0.5, 0.6) is 0 Å². The fraction of sp³-hybridized carbons (Fsp3) is 0.923. The first-order valence-corrected chi connectivity index (χ1v) is 8.37. The Labute approximate surface area is 113 Å². The molecule has 0 aromatic heterocycles. The molecule has 106 valence electrons. The third-order valence-electron chi connectivity index (χ3n) is 3.47. The van der Waals surface area contributed by atoms with Gasteiger partial charge in [0.05, 0.1) is 12.2 Å². The Bertz CT molecular complexity index is 320. The Kier molecular flexibility index (Phi) is 5.79. The van der Waals surface area contributed by atoms with Gasteiger partial charge in [-0.2, -0.15) is 0 Å². The normalized spacial score (nSPS) is 27.9. The molecule has 0 radical (unpaired) electrons. The molecule has 0 spiro atoms. The van der Waals surface area contributed by atoms with Crippen molar-refractivity contribution in [3.8, 4) is 0 Å². The van der Waals surface area contributed by atoms with E-state index in [0.717, 1.165) is 12.8 Å². The van der Waals surface area contributed by atoms with Crippen LogP contribution in [0.1, 0.15) is 40.5 Å². The van der Waals surface area contributed by atoms with E-state index in [0.29, 0.717) is 12.5 Å². The first kappa shape index (κ1) is 15.6. The van der Waals surface area contributed by atoms with Crippen molar-refractivity contribution in [2.24, 2.45) is 5.92 Å². The average molecular weight is 274 g/mol. The molecule has 1 saturated heterocycles. The largest absolute Gasteiger partial charge is 0.325 e. The van der Waals surface area contributed by atoms with Gasteiger partial charge in [0.15, 0.2) is 0 Å². The zero-order valence-corrected chi connectivity index (χ0v) is 12.9. The van der Waals surface area contributed by atoms with Crippen LogP contribution in [0.2, 0.25) is 0 Å². The molecule has 0 saturated carbocycles. The van der Waals surface area contributed by atoms with Crippen LogP contribution in [0, 0.1) is 5.92 Å². The number of hydrogen-bond acceptors (Lipinski definition) is 3. The van der Waals surface area contributed by atoms with Crippen molar-refractivity contribution in [2.45, 2.75) is 58.0 Å². The van der Waals surface area contributed by atoms with Crippen LogP contribution in [-0.2, 0) is 15.6 Å². The molecular weight excluding hydrogens is 248 g/mol. The van der Waals surface area contributed by atoms with E-state index in [9.17, 15) is 9.00 Å². The number of nitrogens with one attached hydrogen (secondary N) is 1. The lowest BCUT2D eigenvalue weighted by molar-refractivity contribution is -0.130. The van der Waals surface area contributed by atoms with E-state index in [4.69, 9.17) is 0 Å². The van der Waals surface area contributed by atoms with Crippen molar-refractivity contribution in [3.63, 3.8) is 0 Å². The van der Waals surface area contributed by atoms with Gasteiger partial charge < -0.3 is 4.90 Å². The quantitative estimate of drug-likeness (QED) is 0.795. The Balaban J connectivity index is 2.70. The summed E-state index contributed by atoms with van der Waals surface area (Å²) in [5.41, 5.74) is 0. The molecule has 1 heterocycles. The highest BCUT2D eigenvalue weighted by molar-refractivity contribution is 7.84. The first-order chi connectivity index (χ1) is 8.36. The Morgan fingerprint density at radius 3 is 2.44 bits per heavy atom. The number of hydrogen-bond donors (Lipinski definition) is 1. The van der Waals surface area contributed by atoms with E-state index >= 15 is 0 Å². The monoisotopic (exact) mass is 274 g/mol. The predicted octanol–water partition coefficient (Wildman–Crippen LogP) is 1.34. The molecule has 0 aliphatic carbocycles. The molecule has 4 nitrogen and oxygen atoms in total. The summed E-state index contributed by atoms with van der Waals surface area (Å²) in [5.74, 6) is 0.675. The Morgan fingerprint density at radius 1 is 1.39 bits per heavy atom. The number of rotatable bonds is 6. The van der Waals surface area contributed by atoms with Crippen molar-refractivity contribution in [1.29, 1.82) is 0 Å². The zero-order chi connectivity index (χ0) is 13.9. The van der Waals surface area contributed by atoms with E-state index in [1.807, 2.05) is 11.8 Å². The smallest absolute Gasteiger partial charge is 0.241 e. The summed E-state index contributed by atoms with van der Waals surface area (Å²) in [6, 6.07) is -0.0626. The van der Waals surface area contributed by atoms with Gasteiger partial charge >= 0.3 is 0 Å². The molecule has 1 aliphatic heterocycles. The number of carbonyl (C=O) groups excluding carboxylic acids is 1. The van der Waals surface area contributed by atoms with Crippen molar-refractivity contribution in [3.05, 3.63) is 0 Å². The molecule has 0 aromatic carbocycles. The third kappa shape index (κ3) is 3.79. The lowest BCUT2D eigenvalue weighted by Gasteiger charge is -2.25. The second-order valence-corrected chi connectivity index (χ2v) is 7.37. The summed E-state index contributed by atoms with van der Waals surface area (Å²) in [5, 5.41) is 3.42. The van der Waals surface area contributed by atoms with Gasteiger partial charge in [-0.05, 0) is 25.7 Å². The van der Waals surface area contributed by atoms with Gasteiger partial charge in [-0.15, -0.1) is 0 Å². The van der Waals surface area contributed by atoms with Crippen molar-refractivity contribution < 1.29 is 9.00 Å². The van der Waals surface area contributed by atoms with Crippen LogP contribution >= 0.6 is 0 Å². The van der Waals surface area contributed by atoms with E-state index in [1.54, 1.807) is 6.26 Å². The van der Waals surface area contributed by atoms with Gasteiger partial charge in [0.25, 0.3) is 0 Å². The molecule has 18 heavy (non-hydrogen) atoms. The third-order valence-corrected chi connectivity index (χ3v) is 4.75. The lowest BCUT2D eigenvalue weighted by atomic mass is 10.0. The van der Waals surface area contributed by atoms with E-state index < -0.39 is 10.8 Å². The minimum atomic E-state index is -0.882. The van der Waals surface area contributed by atoms with Crippen LogP contribution in [0.15, 0.2) is 0 Å². The molecule has 1 amide bonds. The molecule has 1 N–H and O–H groups in total. The molecular formula is C13H26N2O2S. The second-order valence-electron chi connectivity index (χ2n) is 5.57. The van der Waals surface area contributed by atoms with Crippen LogP contribution in [0.3, 0.4) is 0 Å². The number of carbonyl (C=O) groups is 1. The van der Waals surface area contributed by atoms with Crippen molar-refractivity contribution >= 4 is 16.7 Å². The molecule has 0 bridgehead atoms. The second kappa shape index (κ2) is 6.66. The Morgan fingerprint density at radius 2 is 2.00 bits per heavy atom. The topological polar surface area (TPSA) is 49.4 Å². The average Bonchev–Trinajstić information content (AvgIpc) is 2.56. The summed E-state index contributed by atoms with van der Waals surface area (Å²) in [7, 11) is -0.882. The maximum Gasteiger partial charge on any atom is 0.241 e. The number of nitrogens with zero attached hydrogens (tertiary/aromatic N) is 1. The molecule has 1 fully saturated rings.